The van der Waals surface area contributed by atoms with E-state index in [1.807, 2.05) is 66.7 Å². The number of carbonyl (C=O) groups is 2. The molecular weight excluding hydrogens is 492 g/mol. The Labute approximate surface area is 219 Å². The smallest absolute Gasteiger partial charge is 0.411 e. The molecule has 2 N–H and O–H groups in total. The molecule has 1 unspecified atom stereocenters. The quantitative estimate of drug-likeness (QED) is 0.289. The van der Waals surface area contributed by atoms with Crippen molar-refractivity contribution in [1.82, 2.24) is 15.5 Å². The summed E-state index contributed by atoms with van der Waals surface area (Å²) >= 11 is 6.41. The summed E-state index contributed by atoms with van der Waals surface area (Å²) in [5.74, 6) is 0. The number of ether oxygens (including phenoxy) is 2. The summed E-state index contributed by atoms with van der Waals surface area (Å²) in [6, 6.07) is 27.6. The minimum atomic E-state index is -0.553. The molecule has 1 aromatic heterocycles. The highest BCUT2D eigenvalue weighted by atomic mass is 35.5. The van der Waals surface area contributed by atoms with Crippen molar-refractivity contribution in [2.24, 2.45) is 0 Å². The highest BCUT2D eigenvalue weighted by Crippen LogP contribution is 2.27. The first-order valence-electron chi connectivity index (χ1n) is 11.5. The van der Waals surface area contributed by atoms with E-state index in [9.17, 15) is 9.59 Å². The van der Waals surface area contributed by atoms with Crippen LogP contribution in [0.25, 0.3) is 11.3 Å². The van der Waals surface area contributed by atoms with Gasteiger partial charge in [-0.1, -0.05) is 84.4 Å². The van der Waals surface area contributed by atoms with E-state index in [2.05, 4.69) is 25.6 Å². The number of halogens is 1. The van der Waals surface area contributed by atoms with Gasteiger partial charge in [0.15, 0.2) is 5.15 Å². The maximum absolute atomic E-state index is 12.7. The zero-order chi connectivity index (χ0) is 26.0. The number of nitrogens with zero attached hydrogens (tertiary/aromatic N) is 2. The molecule has 4 aromatic rings. The Bertz CT molecular complexity index is 1340. The number of nitrogens with one attached hydrogen (secondary N) is 2. The van der Waals surface area contributed by atoms with Gasteiger partial charge in [-0.05, 0) is 34.9 Å². The minimum Gasteiger partial charge on any atom is -0.453 e. The topological polar surface area (TPSA) is 102 Å². The van der Waals surface area contributed by atoms with E-state index < -0.39 is 18.2 Å². The van der Waals surface area contributed by atoms with Gasteiger partial charge in [-0.2, -0.15) is 0 Å². The number of anilines is 1. The van der Waals surface area contributed by atoms with Gasteiger partial charge in [-0.25, -0.2) is 9.59 Å². The van der Waals surface area contributed by atoms with Gasteiger partial charge in [0.25, 0.3) is 0 Å². The van der Waals surface area contributed by atoms with Crippen molar-refractivity contribution in [3.8, 4) is 11.3 Å². The molecule has 3 aromatic carbocycles. The molecule has 0 aliphatic heterocycles. The Morgan fingerprint density at radius 2 is 1.57 bits per heavy atom. The number of hydrogen-bond acceptors (Lipinski definition) is 6. The lowest BCUT2D eigenvalue weighted by atomic mass is 9.99. The first kappa shape index (κ1) is 25.7. The molecule has 0 spiro atoms. The molecule has 2 amide bonds. The van der Waals surface area contributed by atoms with Crippen LogP contribution in [0.1, 0.15) is 22.7 Å². The highest BCUT2D eigenvalue weighted by molar-refractivity contribution is 6.30. The van der Waals surface area contributed by atoms with Crippen LogP contribution in [0.4, 0.5) is 15.3 Å². The predicted molar refractivity (Wildman–Crippen MR) is 141 cm³/mol. The Hall–Kier alpha value is -4.43. The second-order valence-corrected chi connectivity index (χ2v) is 8.47. The third-order valence-electron chi connectivity index (χ3n) is 5.56. The largest absolute Gasteiger partial charge is 0.453 e. The van der Waals surface area contributed by atoms with Crippen molar-refractivity contribution in [1.29, 1.82) is 0 Å². The third-order valence-corrected chi connectivity index (χ3v) is 5.88. The highest BCUT2D eigenvalue weighted by Gasteiger charge is 2.19. The maximum atomic E-state index is 12.7. The molecule has 4 rings (SSSR count). The van der Waals surface area contributed by atoms with E-state index >= 15 is 0 Å². The summed E-state index contributed by atoms with van der Waals surface area (Å²) in [4.78, 5) is 24.1. The Morgan fingerprint density at radius 3 is 2.24 bits per heavy atom. The second kappa shape index (κ2) is 12.5. The molecule has 0 radical (unpaired) electrons. The summed E-state index contributed by atoms with van der Waals surface area (Å²) in [6.07, 6.45) is -0.721. The Kier molecular flexibility index (Phi) is 8.67. The Balaban J connectivity index is 1.51. The molecule has 0 saturated carbocycles. The van der Waals surface area contributed by atoms with Crippen molar-refractivity contribution in [3.63, 3.8) is 0 Å². The molecule has 9 heteroatoms. The predicted octanol–water partition coefficient (Wildman–Crippen LogP) is 6.19. The molecule has 188 valence electrons. The van der Waals surface area contributed by atoms with Crippen LogP contribution < -0.4 is 10.6 Å². The van der Waals surface area contributed by atoms with Gasteiger partial charge >= 0.3 is 12.2 Å². The summed E-state index contributed by atoms with van der Waals surface area (Å²) in [7, 11) is 1.30. The van der Waals surface area contributed by atoms with Crippen molar-refractivity contribution in [2.45, 2.75) is 19.1 Å². The molecular formula is C28H25ClN4O4. The van der Waals surface area contributed by atoms with Crippen LogP contribution in [0, 0.1) is 0 Å². The number of benzene rings is 3. The molecule has 37 heavy (non-hydrogen) atoms. The van der Waals surface area contributed by atoms with Crippen LogP contribution in [0.3, 0.4) is 0 Å². The molecule has 0 bridgehead atoms. The van der Waals surface area contributed by atoms with Gasteiger partial charge in [0.1, 0.15) is 6.61 Å². The van der Waals surface area contributed by atoms with Gasteiger partial charge in [0.05, 0.1) is 18.8 Å². The molecule has 1 heterocycles. The third kappa shape index (κ3) is 7.28. The zero-order valence-corrected chi connectivity index (χ0v) is 20.8. The monoisotopic (exact) mass is 516 g/mol. The van der Waals surface area contributed by atoms with E-state index in [4.69, 9.17) is 16.3 Å². The van der Waals surface area contributed by atoms with Gasteiger partial charge in [0.2, 0.25) is 0 Å². The summed E-state index contributed by atoms with van der Waals surface area (Å²) in [5.41, 5.74) is 4.47. The molecule has 0 saturated heterocycles. The first-order chi connectivity index (χ1) is 18.0. The lowest BCUT2D eigenvalue weighted by molar-refractivity contribution is 0.135. The molecule has 0 aliphatic carbocycles. The molecule has 1 atom stereocenters. The lowest BCUT2D eigenvalue weighted by Crippen LogP contribution is -2.30. The standard InChI is InChI=1S/C28H25ClN4O4/c1-36-27(34)30-23-14-12-21(13-15-23)25-17-22(26(29)33-32-25)16-24(20-10-6-3-7-11-20)31-28(35)37-18-19-8-4-2-5-9-19/h2-15,17,24H,16,18H2,1H3,(H,30,34)(H,31,35). The van der Waals surface area contributed by atoms with Crippen LogP contribution in [-0.4, -0.2) is 29.5 Å². The normalized spacial score (nSPS) is 11.3. The van der Waals surface area contributed by atoms with Gasteiger partial charge in [0, 0.05) is 17.7 Å². The number of methoxy groups -OCH3 is 1. The van der Waals surface area contributed by atoms with Crippen molar-refractivity contribution >= 4 is 29.5 Å². The van der Waals surface area contributed by atoms with Crippen LogP contribution in [0.15, 0.2) is 91.0 Å². The van der Waals surface area contributed by atoms with Crippen LogP contribution in [-0.2, 0) is 22.5 Å². The fourth-order valence-electron chi connectivity index (χ4n) is 3.66. The number of amides is 2. The Morgan fingerprint density at radius 1 is 0.892 bits per heavy atom. The van der Waals surface area contributed by atoms with Crippen molar-refractivity contribution < 1.29 is 19.1 Å². The molecule has 0 aliphatic rings. The summed E-state index contributed by atoms with van der Waals surface area (Å²) < 4.78 is 10.0. The van der Waals surface area contributed by atoms with Gasteiger partial charge < -0.3 is 14.8 Å². The number of carbonyl (C=O) groups excluding carboxylic acids is 2. The maximum Gasteiger partial charge on any atom is 0.411 e. The average molecular weight is 517 g/mol. The van der Waals surface area contributed by atoms with Crippen molar-refractivity contribution in [3.05, 3.63) is 113 Å². The fraction of sp³-hybridized carbons (Fsp3) is 0.143. The molecule has 8 nitrogen and oxygen atoms in total. The van der Waals surface area contributed by atoms with E-state index in [0.29, 0.717) is 23.4 Å². The molecule has 0 fully saturated rings. The van der Waals surface area contributed by atoms with E-state index in [0.717, 1.165) is 16.7 Å². The van der Waals surface area contributed by atoms with Gasteiger partial charge in [-0.3, -0.25) is 5.32 Å². The number of hydrogen-bond donors (Lipinski definition) is 2. The second-order valence-electron chi connectivity index (χ2n) is 8.11. The summed E-state index contributed by atoms with van der Waals surface area (Å²) in [6.45, 7) is 0.163. The van der Waals surface area contributed by atoms with E-state index in [1.54, 1.807) is 24.3 Å². The van der Waals surface area contributed by atoms with Crippen LogP contribution >= 0.6 is 11.6 Å². The number of aromatic nitrogens is 2. The van der Waals surface area contributed by atoms with E-state index in [-0.39, 0.29) is 11.8 Å². The SMILES string of the molecule is COC(=O)Nc1ccc(-c2cc(CC(NC(=O)OCc3ccccc3)c3ccccc3)c(Cl)nn2)cc1. The lowest BCUT2D eigenvalue weighted by Gasteiger charge is -2.20. The fourth-order valence-corrected chi connectivity index (χ4v) is 3.83. The van der Waals surface area contributed by atoms with Crippen molar-refractivity contribution in [2.75, 3.05) is 12.4 Å². The van der Waals surface area contributed by atoms with Crippen LogP contribution in [0.5, 0.6) is 0 Å². The average Bonchev–Trinajstić information content (AvgIpc) is 2.94. The van der Waals surface area contributed by atoms with Gasteiger partial charge in [-0.15, -0.1) is 10.2 Å². The number of rotatable bonds is 8. The first-order valence-corrected chi connectivity index (χ1v) is 11.9. The number of alkyl carbamates (subject to hydrolysis) is 1. The zero-order valence-electron chi connectivity index (χ0n) is 20.1. The van der Waals surface area contributed by atoms with E-state index in [1.165, 1.54) is 7.11 Å². The van der Waals surface area contributed by atoms with Crippen LogP contribution in [0.2, 0.25) is 5.15 Å². The minimum absolute atomic E-state index is 0.163. The summed E-state index contributed by atoms with van der Waals surface area (Å²) in [5, 5.41) is 14.1.